The third kappa shape index (κ3) is 4.21. The largest absolute Gasteiger partial charge is 0.385 e. The van der Waals surface area contributed by atoms with E-state index in [4.69, 9.17) is 9.73 Å². The highest BCUT2D eigenvalue weighted by atomic mass is 32.1. The molecule has 144 valence electrons. The molecule has 4 rings (SSSR count). The van der Waals surface area contributed by atoms with Gasteiger partial charge in [0.05, 0.1) is 22.6 Å². The number of methoxy groups -OCH3 is 1. The van der Waals surface area contributed by atoms with Crippen molar-refractivity contribution in [2.75, 3.05) is 45.2 Å². The summed E-state index contributed by atoms with van der Waals surface area (Å²) in [5.74, 6) is 0.306. The highest BCUT2D eigenvalue weighted by molar-refractivity contribution is 7.14. The second-order valence-electron chi connectivity index (χ2n) is 7.26. The summed E-state index contributed by atoms with van der Waals surface area (Å²) in [4.78, 5) is 12.2. The lowest BCUT2D eigenvalue weighted by Crippen LogP contribution is -2.52. The number of para-hydroxylation sites is 2. The van der Waals surface area contributed by atoms with E-state index in [2.05, 4.69) is 39.6 Å². The molecular formula is C20H27N5OS. The van der Waals surface area contributed by atoms with E-state index >= 15 is 0 Å². The summed E-state index contributed by atoms with van der Waals surface area (Å²) in [5, 5.41) is 8.19. The fourth-order valence-corrected chi connectivity index (χ4v) is 4.53. The molecule has 1 saturated heterocycles. The molecule has 0 aliphatic carbocycles. The summed E-state index contributed by atoms with van der Waals surface area (Å²) in [5.41, 5.74) is 6.01. The van der Waals surface area contributed by atoms with Crippen molar-refractivity contribution in [3.05, 3.63) is 35.5 Å². The number of nitrogens with zero attached hydrogens (tertiary/aromatic N) is 3. The fourth-order valence-electron chi connectivity index (χ4n) is 3.83. The molecule has 0 radical (unpaired) electrons. The molecule has 6 nitrogen and oxygen atoms in total. The van der Waals surface area contributed by atoms with Crippen molar-refractivity contribution in [3.63, 3.8) is 0 Å². The first-order chi connectivity index (χ1) is 13.2. The number of fused-ring (bicyclic) bond motifs is 2. The lowest BCUT2D eigenvalue weighted by atomic mass is 10.0. The number of piperazine rings is 1. The third-order valence-electron chi connectivity index (χ3n) is 5.21. The molecule has 0 amide bonds. The number of anilines is 2. The van der Waals surface area contributed by atoms with Gasteiger partial charge in [-0.15, -0.1) is 11.3 Å². The van der Waals surface area contributed by atoms with E-state index in [9.17, 15) is 0 Å². The summed E-state index contributed by atoms with van der Waals surface area (Å²) in [6, 6.07) is 8.72. The molecule has 0 spiro atoms. The maximum absolute atomic E-state index is 5.24. The average Bonchev–Trinajstić information content (AvgIpc) is 3.07. The van der Waals surface area contributed by atoms with Gasteiger partial charge in [0.2, 0.25) is 0 Å². The van der Waals surface area contributed by atoms with E-state index in [0.29, 0.717) is 12.0 Å². The summed E-state index contributed by atoms with van der Waals surface area (Å²) >= 11 is 1.64. The molecule has 2 aliphatic rings. The minimum absolute atomic E-state index is 0.306. The van der Waals surface area contributed by atoms with Crippen molar-refractivity contribution in [2.45, 2.75) is 19.4 Å². The Hall–Kier alpha value is -1.80. The van der Waals surface area contributed by atoms with Crippen LogP contribution >= 0.6 is 11.3 Å². The van der Waals surface area contributed by atoms with Crippen molar-refractivity contribution >= 4 is 33.4 Å². The Morgan fingerprint density at radius 2 is 2.26 bits per heavy atom. The van der Waals surface area contributed by atoms with Crippen LogP contribution in [0, 0.1) is 5.92 Å². The van der Waals surface area contributed by atoms with Gasteiger partial charge in [-0.25, -0.2) is 9.98 Å². The van der Waals surface area contributed by atoms with Gasteiger partial charge < -0.3 is 15.4 Å². The number of aliphatic imine (C=N–C) groups is 1. The van der Waals surface area contributed by atoms with Gasteiger partial charge >= 0.3 is 0 Å². The normalized spacial score (nSPS) is 20.8. The second-order valence-corrected chi connectivity index (χ2v) is 8.12. The summed E-state index contributed by atoms with van der Waals surface area (Å²) in [7, 11) is 1.77. The minimum Gasteiger partial charge on any atom is -0.385 e. The summed E-state index contributed by atoms with van der Waals surface area (Å²) < 4.78 is 5.24. The molecular weight excluding hydrogens is 358 g/mol. The lowest BCUT2D eigenvalue weighted by Gasteiger charge is -2.35. The Balaban J connectivity index is 1.52. The van der Waals surface area contributed by atoms with Crippen molar-refractivity contribution in [2.24, 2.45) is 10.9 Å². The first kappa shape index (κ1) is 18.6. The number of hydrogen-bond acceptors (Lipinski definition) is 7. The topological polar surface area (TPSA) is 61.8 Å². The zero-order valence-corrected chi connectivity index (χ0v) is 16.8. The van der Waals surface area contributed by atoms with Gasteiger partial charge in [0, 0.05) is 51.9 Å². The lowest BCUT2D eigenvalue weighted by molar-refractivity contribution is 0.143. The van der Waals surface area contributed by atoms with Gasteiger partial charge in [-0.2, -0.15) is 0 Å². The maximum atomic E-state index is 5.24. The number of nitrogens with one attached hydrogen (secondary N) is 2. The quantitative estimate of drug-likeness (QED) is 0.799. The van der Waals surface area contributed by atoms with Crippen LogP contribution in [0.3, 0.4) is 0 Å². The SMILES string of the molecule is COCCC1CN(CC(C)C2=Nc3ccccc3Nc3scnc32)CCN1. The van der Waals surface area contributed by atoms with Crippen LogP contribution in [0.25, 0.3) is 0 Å². The van der Waals surface area contributed by atoms with E-state index < -0.39 is 0 Å². The van der Waals surface area contributed by atoms with Gasteiger partial charge in [-0.1, -0.05) is 19.1 Å². The van der Waals surface area contributed by atoms with Gasteiger partial charge in [0.15, 0.2) is 0 Å². The van der Waals surface area contributed by atoms with Crippen molar-refractivity contribution in [1.82, 2.24) is 15.2 Å². The van der Waals surface area contributed by atoms with Crippen molar-refractivity contribution in [3.8, 4) is 0 Å². The van der Waals surface area contributed by atoms with Crippen LogP contribution < -0.4 is 10.6 Å². The molecule has 2 atom stereocenters. The Labute approximate surface area is 164 Å². The van der Waals surface area contributed by atoms with E-state index in [-0.39, 0.29) is 0 Å². The molecule has 27 heavy (non-hydrogen) atoms. The first-order valence-electron chi connectivity index (χ1n) is 9.57. The molecule has 2 N–H and O–H groups in total. The van der Waals surface area contributed by atoms with Crippen molar-refractivity contribution < 1.29 is 4.74 Å². The van der Waals surface area contributed by atoms with Gasteiger partial charge in [-0.3, -0.25) is 4.90 Å². The van der Waals surface area contributed by atoms with Crippen LogP contribution in [-0.2, 0) is 4.74 Å². The van der Waals surface area contributed by atoms with Crippen LogP contribution in [0.4, 0.5) is 16.4 Å². The number of aromatic nitrogens is 1. The van der Waals surface area contributed by atoms with Crippen LogP contribution in [0.5, 0.6) is 0 Å². The van der Waals surface area contributed by atoms with Crippen LogP contribution in [0.2, 0.25) is 0 Å². The van der Waals surface area contributed by atoms with E-state index in [1.807, 2.05) is 17.6 Å². The molecule has 1 aromatic carbocycles. The van der Waals surface area contributed by atoms with Crippen LogP contribution in [0.15, 0.2) is 34.8 Å². The number of thiazole rings is 1. The molecule has 1 aromatic heterocycles. The Bertz CT molecular complexity index is 805. The van der Waals surface area contributed by atoms with Crippen molar-refractivity contribution in [1.29, 1.82) is 0 Å². The third-order valence-corrected chi connectivity index (χ3v) is 5.95. The van der Waals surface area contributed by atoms with Gasteiger partial charge in [0.25, 0.3) is 0 Å². The molecule has 2 unspecified atom stereocenters. The number of ether oxygens (including phenoxy) is 1. The molecule has 0 saturated carbocycles. The maximum Gasteiger partial charge on any atom is 0.122 e. The van der Waals surface area contributed by atoms with E-state index in [1.165, 1.54) is 0 Å². The first-order valence-corrected chi connectivity index (χ1v) is 10.5. The average molecular weight is 386 g/mol. The zero-order chi connectivity index (χ0) is 18.6. The van der Waals surface area contributed by atoms with Gasteiger partial charge in [-0.05, 0) is 18.6 Å². The minimum atomic E-state index is 0.306. The van der Waals surface area contributed by atoms with E-state index in [1.54, 1.807) is 18.4 Å². The fraction of sp³-hybridized carbons (Fsp3) is 0.500. The van der Waals surface area contributed by atoms with E-state index in [0.717, 1.165) is 67.0 Å². The van der Waals surface area contributed by atoms with Gasteiger partial charge in [0.1, 0.15) is 10.7 Å². The van der Waals surface area contributed by atoms with Crippen LogP contribution in [0.1, 0.15) is 19.0 Å². The molecule has 7 heteroatoms. The Kier molecular flexibility index (Phi) is 5.83. The zero-order valence-electron chi connectivity index (χ0n) is 15.9. The van der Waals surface area contributed by atoms with Crippen LogP contribution in [-0.4, -0.2) is 61.5 Å². The second kappa shape index (κ2) is 8.48. The summed E-state index contributed by atoms with van der Waals surface area (Å²) in [6.45, 7) is 7.21. The molecule has 0 bridgehead atoms. The molecule has 1 fully saturated rings. The predicted molar refractivity (Wildman–Crippen MR) is 112 cm³/mol. The predicted octanol–water partition coefficient (Wildman–Crippen LogP) is 3.27. The highest BCUT2D eigenvalue weighted by Gasteiger charge is 2.26. The highest BCUT2D eigenvalue weighted by Crippen LogP contribution is 2.37. The Morgan fingerprint density at radius 3 is 3.15 bits per heavy atom. The monoisotopic (exact) mass is 385 g/mol. The molecule has 3 heterocycles. The Morgan fingerprint density at radius 1 is 1.37 bits per heavy atom. The molecule has 2 aromatic rings. The number of rotatable bonds is 6. The standard InChI is InChI=1S/C20H27N5OS/c1-14(11-25-9-8-21-15(12-25)7-10-26-2)18-19-20(27-13-22-19)24-17-6-4-3-5-16(17)23-18/h3-6,13-15,21,24H,7-12H2,1-2H3. The number of benzene rings is 1. The molecule has 2 aliphatic heterocycles. The summed E-state index contributed by atoms with van der Waals surface area (Å²) in [6.07, 6.45) is 1.05. The smallest absolute Gasteiger partial charge is 0.122 e. The number of hydrogen-bond donors (Lipinski definition) is 2.